The highest BCUT2D eigenvalue weighted by atomic mass is 16.5. The molecule has 48 heavy (non-hydrogen) atoms. The maximum absolute atomic E-state index is 6.76. The van der Waals surface area contributed by atoms with E-state index < -0.39 is 0 Å². The minimum atomic E-state index is -0.0231. The van der Waals surface area contributed by atoms with E-state index in [1.807, 2.05) is 12.1 Å². The second-order valence-electron chi connectivity index (χ2n) is 13.7. The summed E-state index contributed by atoms with van der Waals surface area (Å²) in [6.45, 7) is 7.63. The Bertz CT molecular complexity index is 2360. The summed E-state index contributed by atoms with van der Waals surface area (Å²) >= 11 is 0. The van der Waals surface area contributed by atoms with E-state index in [1.165, 1.54) is 5.56 Å². The van der Waals surface area contributed by atoms with E-state index in [-0.39, 0.29) is 5.41 Å². The molecule has 4 heteroatoms. The van der Waals surface area contributed by atoms with E-state index in [0.29, 0.717) is 13.2 Å². The Hall–Kier alpha value is -5.74. The molecular formula is C44H34O4. The Kier molecular flexibility index (Phi) is 6.48. The molecule has 0 N–H and O–H groups in total. The van der Waals surface area contributed by atoms with Crippen LogP contribution >= 0.6 is 0 Å². The number of benzene rings is 7. The summed E-state index contributed by atoms with van der Waals surface area (Å²) in [6, 6.07) is 44.6. The Balaban J connectivity index is 1.05. The van der Waals surface area contributed by atoms with Gasteiger partial charge in [0.1, 0.15) is 47.7 Å². The molecule has 0 amide bonds. The van der Waals surface area contributed by atoms with Crippen LogP contribution in [-0.4, -0.2) is 0 Å². The van der Waals surface area contributed by atoms with E-state index in [2.05, 4.69) is 136 Å². The molecule has 0 fully saturated rings. The van der Waals surface area contributed by atoms with Crippen LogP contribution in [0.4, 0.5) is 0 Å². The number of rotatable bonds is 8. The first-order valence-electron chi connectivity index (χ1n) is 16.4. The Morgan fingerprint density at radius 1 is 0.479 bits per heavy atom. The van der Waals surface area contributed by atoms with Gasteiger partial charge < -0.3 is 18.9 Å². The molecule has 0 radical (unpaired) electrons. The third kappa shape index (κ3) is 4.92. The molecule has 0 aliphatic carbocycles. The summed E-state index contributed by atoms with van der Waals surface area (Å²) in [7, 11) is 0. The molecule has 4 bridgehead atoms. The van der Waals surface area contributed by atoms with Crippen LogP contribution in [0.2, 0.25) is 0 Å². The molecule has 4 heterocycles. The summed E-state index contributed by atoms with van der Waals surface area (Å²) in [5.74, 6) is 5.46. The second kappa shape index (κ2) is 10.9. The van der Waals surface area contributed by atoms with Crippen LogP contribution in [0.3, 0.4) is 0 Å². The van der Waals surface area contributed by atoms with Crippen LogP contribution in [0.15, 0.2) is 127 Å². The van der Waals surface area contributed by atoms with Crippen molar-refractivity contribution >= 4 is 21.5 Å². The quantitative estimate of drug-likeness (QED) is 0.157. The zero-order chi connectivity index (χ0) is 32.4. The van der Waals surface area contributed by atoms with Crippen molar-refractivity contribution in [3.8, 4) is 56.8 Å². The molecule has 11 rings (SSSR count). The second-order valence-corrected chi connectivity index (χ2v) is 13.7. The Labute approximate surface area is 280 Å². The lowest BCUT2D eigenvalue weighted by Crippen LogP contribution is -2.11. The molecule has 0 saturated heterocycles. The molecule has 0 saturated carbocycles. The fraction of sp³-hybridized carbons (Fsp3) is 0.136. The van der Waals surface area contributed by atoms with Crippen molar-refractivity contribution < 1.29 is 18.9 Å². The highest BCUT2D eigenvalue weighted by Gasteiger charge is 2.22. The molecule has 4 nitrogen and oxygen atoms in total. The summed E-state index contributed by atoms with van der Waals surface area (Å²) in [4.78, 5) is 0. The molecule has 0 atom stereocenters. The summed E-state index contributed by atoms with van der Waals surface area (Å²) in [5, 5.41) is 4.16. The third-order valence-corrected chi connectivity index (χ3v) is 9.45. The van der Waals surface area contributed by atoms with E-state index in [1.54, 1.807) is 0 Å². The van der Waals surface area contributed by atoms with Crippen LogP contribution < -0.4 is 18.9 Å². The van der Waals surface area contributed by atoms with Crippen molar-refractivity contribution in [1.29, 1.82) is 0 Å². The third-order valence-electron chi connectivity index (χ3n) is 9.45. The smallest absolute Gasteiger partial charge is 0.138 e. The molecule has 0 unspecified atom stereocenters. The first kappa shape index (κ1) is 28.5. The predicted molar refractivity (Wildman–Crippen MR) is 193 cm³/mol. The van der Waals surface area contributed by atoms with Crippen molar-refractivity contribution in [2.24, 2.45) is 0 Å². The topological polar surface area (TPSA) is 36.9 Å². The zero-order valence-corrected chi connectivity index (χ0v) is 27.2. The Morgan fingerprint density at radius 3 is 1.38 bits per heavy atom. The van der Waals surface area contributed by atoms with Crippen LogP contribution in [-0.2, 0) is 18.6 Å². The number of hydrogen-bond donors (Lipinski definition) is 0. The van der Waals surface area contributed by atoms with Gasteiger partial charge in [0.05, 0.1) is 0 Å². The van der Waals surface area contributed by atoms with Crippen molar-refractivity contribution in [2.75, 3.05) is 0 Å². The van der Waals surface area contributed by atoms with Crippen LogP contribution in [0.1, 0.15) is 37.5 Å². The normalized spacial score (nSPS) is 12.6. The van der Waals surface area contributed by atoms with E-state index in [4.69, 9.17) is 18.9 Å². The molecule has 234 valence electrons. The van der Waals surface area contributed by atoms with Crippen LogP contribution in [0.25, 0.3) is 43.8 Å². The minimum absolute atomic E-state index is 0.0231. The van der Waals surface area contributed by atoms with Gasteiger partial charge >= 0.3 is 0 Å². The average Bonchev–Trinajstić information content (AvgIpc) is 3.09. The van der Waals surface area contributed by atoms with Gasteiger partial charge in [0, 0.05) is 44.8 Å². The van der Waals surface area contributed by atoms with E-state index >= 15 is 0 Å². The zero-order valence-electron chi connectivity index (χ0n) is 27.2. The largest absolute Gasteiger partial charge is 0.488 e. The number of hydrogen-bond acceptors (Lipinski definition) is 4. The molecule has 7 aromatic rings. The highest BCUT2D eigenvalue weighted by molar-refractivity contribution is 6.11. The lowest BCUT2D eigenvalue weighted by Gasteiger charge is -2.23. The Morgan fingerprint density at radius 2 is 0.938 bits per heavy atom. The van der Waals surface area contributed by atoms with Crippen molar-refractivity contribution in [3.05, 3.63) is 144 Å². The molecule has 4 aliphatic heterocycles. The van der Waals surface area contributed by atoms with E-state index in [9.17, 15) is 0 Å². The molecule has 0 spiro atoms. The van der Waals surface area contributed by atoms with Gasteiger partial charge in [0.15, 0.2) is 0 Å². The summed E-state index contributed by atoms with van der Waals surface area (Å²) in [5.41, 5.74) is 7.91. The lowest BCUT2D eigenvalue weighted by atomic mass is 9.85. The van der Waals surface area contributed by atoms with Gasteiger partial charge in [-0.15, -0.1) is 0 Å². The van der Waals surface area contributed by atoms with Gasteiger partial charge in [-0.25, -0.2) is 0 Å². The molecule has 4 aliphatic rings. The molecular weight excluding hydrogens is 592 g/mol. The van der Waals surface area contributed by atoms with Crippen LogP contribution in [0, 0.1) is 0 Å². The van der Waals surface area contributed by atoms with Gasteiger partial charge in [-0.1, -0.05) is 106 Å². The number of fused-ring (bicyclic) bond motifs is 6. The maximum atomic E-state index is 6.76. The predicted octanol–water partition coefficient (Wildman–Crippen LogP) is 12.0. The minimum Gasteiger partial charge on any atom is -0.488 e. The molecule has 0 aromatic heterocycles. The van der Waals surface area contributed by atoms with Gasteiger partial charge in [-0.05, 0) is 63.6 Å². The fourth-order valence-corrected chi connectivity index (χ4v) is 6.66. The number of ether oxygens (including phenoxy) is 4. The van der Waals surface area contributed by atoms with Crippen LogP contribution in [0.5, 0.6) is 34.5 Å². The highest BCUT2D eigenvalue weighted by Crippen LogP contribution is 2.46. The van der Waals surface area contributed by atoms with Crippen molar-refractivity contribution in [3.63, 3.8) is 0 Å². The monoisotopic (exact) mass is 626 g/mol. The van der Waals surface area contributed by atoms with Gasteiger partial charge in [0.25, 0.3) is 0 Å². The first-order chi connectivity index (χ1) is 23.4. The maximum Gasteiger partial charge on any atom is 0.138 e. The van der Waals surface area contributed by atoms with Gasteiger partial charge in [-0.3, -0.25) is 0 Å². The summed E-state index contributed by atoms with van der Waals surface area (Å²) < 4.78 is 24.8. The van der Waals surface area contributed by atoms with Gasteiger partial charge in [-0.2, -0.15) is 0 Å². The summed E-state index contributed by atoms with van der Waals surface area (Å²) in [6.07, 6.45) is 0. The van der Waals surface area contributed by atoms with Gasteiger partial charge in [0.2, 0.25) is 0 Å². The first-order valence-corrected chi connectivity index (χ1v) is 16.4. The lowest BCUT2D eigenvalue weighted by molar-refractivity contribution is 0.308. The SMILES string of the molecule is CC(C)(C)c1ccc2c(OCc3ccc(-c4ccc5cc4O5)cc3)c3ccccc3c(OCc3ccc(-c4ccc5cc4O5)cc3)c2c1. The fourth-order valence-electron chi connectivity index (χ4n) is 6.66. The van der Waals surface area contributed by atoms with E-state index in [0.717, 1.165) is 89.4 Å². The standard InChI is InChI=1S/C44H34O4/c1-44(2,3)31-16-19-38-39(22-31)43(46-26-28-10-14-30(15-11-28)35-21-18-33-24-41(35)48-33)37-7-5-4-6-36(37)42(38)45-25-27-8-12-29(13-9-27)34-20-17-32-23-40(34)47-32/h4-24H,25-26H2,1-3H3. The van der Waals surface area contributed by atoms with Crippen molar-refractivity contribution in [2.45, 2.75) is 39.4 Å². The average molecular weight is 627 g/mol. The molecule has 7 aromatic carbocycles. The van der Waals surface area contributed by atoms with Crippen molar-refractivity contribution in [1.82, 2.24) is 0 Å².